The zero-order chi connectivity index (χ0) is 18.8. The molecule has 5 nitrogen and oxygen atoms in total. The van der Waals surface area contributed by atoms with Crippen LogP contribution in [-0.2, 0) is 6.54 Å². The van der Waals surface area contributed by atoms with Gasteiger partial charge in [0, 0.05) is 43.0 Å². The Morgan fingerprint density at radius 3 is 2.63 bits per heavy atom. The highest BCUT2D eigenvalue weighted by Gasteiger charge is 2.08. The minimum Gasteiger partial charge on any atom is -0.492 e. The summed E-state index contributed by atoms with van der Waals surface area (Å²) >= 11 is 1.79. The lowest BCUT2D eigenvalue weighted by Gasteiger charge is -2.17. The molecule has 0 saturated heterocycles. The van der Waals surface area contributed by atoms with E-state index < -0.39 is 0 Å². The summed E-state index contributed by atoms with van der Waals surface area (Å²) in [5, 5.41) is 8.90. The maximum atomic E-state index is 5.92. The van der Waals surface area contributed by atoms with Crippen LogP contribution in [0.25, 0.3) is 0 Å². The normalized spacial score (nSPS) is 12.4. The summed E-state index contributed by atoms with van der Waals surface area (Å²) in [6.45, 7) is 5.31. The number of ether oxygens (including phenoxy) is 1. The van der Waals surface area contributed by atoms with Crippen LogP contribution in [-0.4, -0.2) is 51.7 Å². The standard InChI is InChI=1S/C20H30N4OS.HI/c1-16(19-10-7-13-26-19)14-22-20(21-2)23-15-17-8-5-6-9-18(17)25-12-11-24(3)4;/h5-10,13,16H,11-12,14-15H2,1-4H3,(H2,21,22,23);1H. The van der Waals surface area contributed by atoms with Gasteiger partial charge >= 0.3 is 0 Å². The molecular formula is C20H31IN4OS. The van der Waals surface area contributed by atoms with Crippen molar-refractivity contribution in [3.05, 3.63) is 52.2 Å². The summed E-state index contributed by atoms with van der Waals surface area (Å²) in [7, 11) is 5.89. The highest BCUT2D eigenvalue weighted by molar-refractivity contribution is 14.0. The van der Waals surface area contributed by atoms with Crippen molar-refractivity contribution in [3.63, 3.8) is 0 Å². The molecule has 0 aliphatic carbocycles. The molecule has 0 spiro atoms. The third-order valence-electron chi connectivity index (χ3n) is 4.04. The van der Waals surface area contributed by atoms with Crippen LogP contribution in [0.15, 0.2) is 46.8 Å². The number of thiophene rings is 1. The Kier molecular flexibility index (Phi) is 11.4. The monoisotopic (exact) mass is 502 g/mol. The van der Waals surface area contributed by atoms with E-state index >= 15 is 0 Å². The van der Waals surface area contributed by atoms with Crippen LogP contribution in [0.3, 0.4) is 0 Å². The van der Waals surface area contributed by atoms with E-state index in [1.54, 1.807) is 18.4 Å². The predicted octanol–water partition coefficient (Wildman–Crippen LogP) is 3.78. The first kappa shape index (κ1) is 23.7. The van der Waals surface area contributed by atoms with Gasteiger partial charge in [0.25, 0.3) is 0 Å². The number of likely N-dealkylation sites (N-methyl/N-ethyl adjacent to an activating group) is 1. The second-order valence-corrected chi connectivity index (χ2v) is 7.46. The fourth-order valence-electron chi connectivity index (χ4n) is 2.45. The summed E-state index contributed by atoms with van der Waals surface area (Å²) in [6.07, 6.45) is 0. The lowest BCUT2D eigenvalue weighted by molar-refractivity contribution is 0.259. The number of nitrogens with one attached hydrogen (secondary N) is 2. The summed E-state index contributed by atoms with van der Waals surface area (Å²) in [5.74, 6) is 2.18. The van der Waals surface area contributed by atoms with Gasteiger partial charge in [-0.15, -0.1) is 35.3 Å². The third-order valence-corrected chi connectivity index (χ3v) is 5.15. The first-order valence-electron chi connectivity index (χ1n) is 8.93. The number of nitrogens with zero attached hydrogens (tertiary/aromatic N) is 2. The van der Waals surface area contributed by atoms with Crippen LogP contribution >= 0.6 is 35.3 Å². The van der Waals surface area contributed by atoms with Crippen molar-refractivity contribution in [3.8, 4) is 5.75 Å². The second kappa shape index (κ2) is 13.0. The Morgan fingerprint density at radius 1 is 1.19 bits per heavy atom. The van der Waals surface area contributed by atoms with E-state index in [-0.39, 0.29) is 24.0 Å². The molecule has 0 amide bonds. The number of halogens is 1. The number of hydrogen-bond acceptors (Lipinski definition) is 4. The smallest absolute Gasteiger partial charge is 0.191 e. The SMILES string of the molecule is CN=C(NCc1ccccc1OCCN(C)C)NCC(C)c1cccs1.I. The molecule has 1 aromatic carbocycles. The van der Waals surface area contributed by atoms with Crippen LogP contribution in [0.5, 0.6) is 5.75 Å². The fraction of sp³-hybridized carbons (Fsp3) is 0.450. The summed E-state index contributed by atoms with van der Waals surface area (Å²) in [6, 6.07) is 12.4. The van der Waals surface area contributed by atoms with Gasteiger partial charge in [0.05, 0.1) is 0 Å². The molecule has 7 heteroatoms. The molecular weight excluding hydrogens is 471 g/mol. The van der Waals surface area contributed by atoms with E-state index in [1.165, 1.54) is 4.88 Å². The average molecular weight is 502 g/mol. The van der Waals surface area contributed by atoms with E-state index in [2.05, 4.69) is 51.0 Å². The van der Waals surface area contributed by atoms with E-state index in [4.69, 9.17) is 4.74 Å². The maximum absolute atomic E-state index is 5.92. The zero-order valence-corrected chi connectivity index (χ0v) is 19.7. The first-order valence-corrected chi connectivity index (χ1v) is 9.81. The van der Waals surface area contributed by atoms with Crippen molar-refractivity contribution in [2.45, 2.75) is 19.4 Å². The highest BCUT2D eigenvalue weighted by Crippen LogP contribution is 2.20. The molecule has 150 valence electrons. The molecule has 0 fully saturated rings. The lowest BCUT2D eigenvalue weighted by atomic mass is 10.1. The summed E-state index contributed by atoms with van der Waals surface area (Å²) in [4.78, 5) is 7.82. The van der Waals surface area contributed by atoms with Crippen LogP contribution in [0, 0.1) is 0 Å². The van der Waals surface area contributed by atoms with Crippen molar-refractivity contribution >= 4 is 41.3 Å². The Hall–Kier alpha value is -1.32. The van der Waals surface area contributed by atoms with Crippen molar-refractivity contribution < 1.29 is 4.74 Å². The molecule has 1 heterocycles. The van der Waals surface area contributed by atoms with Crippen molar-refractivity contribution in [2.75, 3.05) is 40.8 Å². The third kappa shape index (κ3) is 8.49. The molecule has 2 aromatic rings. The van der Waals surface area contributed by atoms with Crippen LogP contribution in [0.1, 0.15) is 23.3 Å². The van der Waals surface area contributed by atoms with Gasteiger partial charge in [0.2, 0.25) is 0 Å². The molecule has 0 radical (unpaired) electrons. The van der Waals surface area contributed by atoms with E-state index in [0.717, 1.165) is 30.4 Å². The van der Waals surface area contributed by atoms with Crippen LogP contribution in [0.4, 0.5) is 0 Å². The molecule has 0 aliphatic heterocycles. The van der Waals surface area contributed by atoms with E-state index in [1.807, 2.05) is 32.3 Å². The van der Waals surface area contributed by atoms with Crippen LogP contribution < -0.4 is 15.4 Å². The van der Waals surface area contributed by atoms with Crippen molar-refractivity contribution in [1.29, 1.82) is 0 Å². The number of benzene rings is 1. The largest absolute Gasteiger partial charge is 0.492 e. The van der Waals surface area contributed by atoms with Gasteiger partial charge in [0.15, 0.2) is 5.96 Å². The van der Waals surface area contributed by atoms with Gasteiger partial charge in [-0.1, -0.05) is 31.2 Å². The van der Waals surface area contributed by atoms with Gasteiger partial charge in [-0.05, 0) is 31.6 Å². The molecule has 0 saturated carbocycles. The molecule has 27 heavy (non-hydrogen) atoms. The first-order chi connectivity index (χ1) is 12.6. The number of rotatable bonds is 9. The van der Waals surface area contributed by atoms with E-state index in [0.29, 0.717) is 19.1 Å². The minimum absolute atomic E-state index is 0. The number of hydrogen-bond donors (Lipinski definition) is 2. The van der Waals surface area contributed by atoms with Gasteiger partial charge in [-0.2, -0.15) is 0 Å². The quantitative estimate of drug-likeness (QED) is 0.312. The Morgan fingerprint density at radius 2 is 1.96 bits per heavy atom. The molecule has 1 aromatic heterocycles. The Labute approximate surface area is 184 Å². The Balaban J connectivity index is 0.00000364. The number of aliphatic imine (C=N–C) groups is 1. The maximum Gasteiger partial charge on any atom is 0.191 e. The zero-order valence-electron chi connectivity index (χ0n) is 16.6. The number of para-hydroxylation sites is 1. The molecule has 1 unspecified atom stereocenters. The summed E-state index contributed by atoms with van der Waals surface area (Å²) < 4.78 is 5.92. The molecule has 2 rings (SSSR count). The van der Waals surface area contributed by atoms with Gasteiger partial charge in [-0.25, -0.2) is 0 Å². The van der Waals surface area contributed by atoms with Gasteiger partial charge in [-0.3, -0.25) is 4.99 Å². The summed E-state index contributed by atoms with van der Waals surface area (Å²) in [5.41, 5.74) is 1.13. The fourth-order valence-corrected chi connectivity index (χ4v) is 3.24. The van der Waals surface area contributed by atoms with Crippen molar-refractivity contribution in [2.24, 2.45) is 4.99 Å². The van der Waals surface area contributed by atoms with E-state index in [9.17, 15) is 0 Å². The number of guanidine groups is 1. The lowest BCUT2D eigenvalue weighted by Crippen LogP contribution is -2.38. The van der Waals surface area contributed by atoms with Gasteiger partial charge in [0.1, 0.15) is 12.4 Å². The predicted molar refractivity (Wildman–Crippen MR) is 127 cm³/mol. The van der Waals surface area contributed by atoms with Crippen molar-refractivity contribution in [1.82, 2.24) is 15.5 Å². The molecule has 2 N–H and O–H groups in total. The minimum atomic E-state index is 0. The highest BCUT2D eigenvalue weighted by atomic mass is 127. The van der Waals surface area contributed by atoms with Gasteiger partial charge < -0.3 is 20.3 Å². The Bertz CT molecular complexity index is 676. The second-order valence-electron chi connectivity index (χ2n) is 6.48. The topological polar surface area (TPSA) is 48.9 Å². The molecule has 0 bridgehead atoms. The average Bonchev–Trinajstić information content (AvgIpc) is 3.17. The molecule has 1 atom stereocenters. The van der Waals surface area contributed by atoms with Crippen LogP contribution in [0.2, 0.25) is 0 Å². The molecule has 0 aliphatic rings.